The Kier molecular flexibility index (Phi) is 5.70. The molecule has 1 rings (SSSR count). The number of unbranched alkanes of at least 4 members (excludes halogenated alkanes) is 3. The minimum absolute atomic E-state index is 0.131. The van der Waals surface area contributed by atoms with E-state index < -0.39 is 0 Å². The van der Waals surface area contributed by atoms with Crippen molar-refractivity contribution in [1.29, 1.82) is 0 Å². The van der Waals surface area contributed by atoms with Crippen LogP contribution in [-0.4, -0.2) is 5.54 Å². The molecule has 0 aliphatic carbocycles. The molecule has 0 amide bonds. The van der Waals surface area contributed by atoms with Gasteiger partial charge in [0.05, 0.1) is 0 Å². The molecule has 0 bridgehead atoms. The van der Waals surface area contributed by atoms with Gasteiger partial charge in [-0.15, -0.1) is 0 Å². The summed E-state index contributed by atoms with van der Waals surface area (Å²) >= 11 is 0. The van der Waals surface area contributed by atoms with Crippen molar-refractivity contribution in [2.24, 2.45) is 5.73 Å². The van der Waals surface area contributed by atoms with Crippen LogP contribution in [0.2, 0.25) is 0 Å². The molecule has 0 aliphatic rings. The van der Waals surface area contributed by atoms with Crippen LogP contribution in [-0.2, 0) is 0 Å². The van der Waals surface area contributed by atoms with Gasteiger partial charge in [-0.2, -0.15) is 0 Å². The SMILES string of the molecule is CCCCCCC(c1ccccc1)C(C)(C)N. The van der Waals surface area contributed by atoms with Crippen molar-refractivity contribution in [2.45, 2.75) is 64.3 Å². The van der Waals surface area contributed by atoms with Gasteiger partial charge in [0.1, 0.15) is 0 Å². The Bertz CT molecular complexity index is 297. The molecular weight excluding hydrogens is 206 g/mol. The van der Waals surface area contributed by atoms with E-state index in [0.717, 1.165) is 0 Å². The highest BCUT2D eigenvalue weighted by Crippen LogP contribution is 2.31. The second kappa shape index (κ2) is 6.80. The summed E-state index contributed by atoms with van der Waals surface area (Å²) in [6, 6.07) is 10.7. The third-order valence-electron chi connectivity index (χ3n) is 3.45. The molecule has 0 radical (unpaired) electrons. The van der Waals surface area contributed by atoms with E-state index in [9.17, 15) is 0 Å². The molecular formula is C16H27N. The first-order valence-electron chi connectivity index (χ1n) is 6.89. The van der Waals surface area contributed by atoms with E-state index in [0.29, 0.717) is 5.92 Å². The Morgan fingerprint density at radius 3 is 2.24 bits per heavy atom. The van der Waals surface area contributed by atoms with Crippen LogP contribution >= 0.6 is 0 Å². The molecule has 0 aromatic heterocycles. The summed E-state index contributed by atoms with van der Waals surface area (Å²) in [5.41, 5.74) is 7.58. The van der Waals surface area contributed by atoms with E-state index in [4.69, 9.17) is 5.73 Å². The summed E-state index contributed by atoms with van der Waals surface area (Å²) in [6.45, 7) is 6.54. The number of hydrogen-bond acceptors (Lipinski definition) is 1. The first-order valence-corrected chi connectivity index (χ1v) is 6.89. The van der Waals surface area contributed by atoms with Crippen molar-refractivity contribution >= 4 is 0 Å². The third kappa shape index (κ3) is 4.91. The summed E-state index contributed by atoms with van der Waals surface area (Å²) < 4.78 is 0. The fourth-order valence-electron chi connectivity index (χ4n) is 2.43. The number of benzene rings is 1. The van der Waals surface area contributed by atoms with Gasteiger partial charge in [0.25, 0.3) is 0 Å². The minimum atomic E-state index is -0.131. The summed E-state index contributed by atoms with van der Waals surface area (Å²) in [4.78, 5) is 0. The average molecular weight is 233 g/mol. The number of hydrogen-bond donors (Lipinski definition) is 1. The van der Waals surface area contributed by atoms with Gasteiger partial charge in [-0.3, -0.25) is 0 Å². The van der Waals surface area contributed by atoms with Crippen molar-refractivity contribution in [1.82, 2.24) is 0 Å². The summed E-state index contributed by atoms with van der Waals surface area (Å²) in [6.07, 6.45) is 6.45. The smallest absolute Gasteiger partial charge is 0.0166 e. The van der Waals surface area contributed by atoms with Crippen LogP contribution in [0.15, 0.2) is 30.3 Å². The molecule has 1 atom stereocenters. The zero-order valence-corrected chi connectivity index (χ0v) is 11.6. The first kappa shape index (κ1) is 14.2. The van der Waals surface area contributed by atoms with Gasteiger partial charge in [-0.05, 0) is 25.8 Å². The summed E-state index contributed by atoms with van der Waals surface area (Å²) in [7, 11) is 0. The molecule has 0 aliphatic heterocycles. The van der Waals surface area contributed by atoms with Gasteiger partial charge in [-0.25, -0.2) is 0 Å². The van der Waals surface area contributed by atoms with Crippen LogP contribution in [0.4, 0.5) is 0 Å². The molecule has 96 valence electrons. The predicted octanol–water partition coefficient (Wildman–Crippen LogP) is 4.48. The number of rotatable bonds is 7. The quantitative estimate of drug-likeness (QED) is 0.690. The predicted molar refractivity (Wildman–Crippen MR) is 76.2 cm³/mol. The summed E-state index contributed by atoms with van der Waals surface area (Å²) in [5.74, 6) is 0.473. The average Bonchev–Trinajstić information content (AvgIpc) is 2.28. The normalized spacial score (nSPS) is 13.6. The molecule has 0 spiro atoms. The Morgan fingerprint density at radius 1 is 1.06 bits per heavy atom. The van der Waals surface area contributed by atoms with Crippen LogP contribution in [0.5, 0.6) is 0 Å². The van der Waals surface area contributed by atoms with E-state index in [1.807, 2.05) is 0 Å². The molecule has 0 fully saturated rings. The Hall–Kier alpha value is -0.820. The topological polar surface area (TPSA) is 26.0 Å². The van der Waals surface area contributed by atoms with E-state index in [1.54, 1.807) is 0 Å². The second-order valence-electron chi connectivity index (χ2n) is 5.63. The molecule has 1 unspecified atom stereocenters. The monoisotopic (exact) mass is 233 g/mol. The van der Waals surface area contributed by atoms with Crippen LogP contribution in [0.25, 0.3) is 0 Å². The maximum Gasteiger partial charge on any atom is 0.0166 e. The van der Waals surface area contributed by atoms with Gasteiger partial charge in [-0.1, -0.05) is 62.9 Å². The molecule has 1 nitrogen and oxygen atoms in total. The highest BCUT2D eigenvalue weighted by molar-refractivity contribution is 5.22. The maximum absolute atomic E-state index is 6.33. The molecule has 0 saturated carbocycles. The molecule has 0 saturated heterocycles. The number of nitrogens with two attached hydrogens (primary N) is 1. The van der Waals surface area contributed by atoms with E-state index in [1.165, 1.54) is 37.7 Å². The molecule has 2 N–H and O–H groups in total. The fraction of sp³-hybridized carbons (Fsp3) is 0.625. The van der Waals surface area contributed by atoms with Crippen LogP contribution in [0, 0.1) is 0 Å². The highest BCUT2D eigenvalue weighted by Gasteiger charge is 2.25. The molecule has 1 heteroatoms. The molecule has 1 aromatic rings. The Balaban J connectivity index is 2.63. The fourth-order valence-corrected chi connectivity index (χ4v) is 2.43. The van der Waals surface area contributed by atoms with Crippen molar-refractivity contribution in [3.63, 3.8) is 0 Å². The first-order chi connectivity index (χ1) is 8.05. The van der Waals surface area contributed by atoms with Crippen LogP contribution in [0.1, 0.15) is 64.4 Å². The lowest BCUT2D eigenvalue weighted by Gasteiger charge is -2.31. The zero-order chi connectivity index (χ0) is 12.7. The highest BCUT2D eigenvalue weighted by atomic mass is 14.7. The summed E-state index contributed by atoms with van der Waals surface area (Å²) in [5, 5.41) is 0. The van der Waals surface area contributed by atoms with Crippen molar-refractivity contribution in [3.05, 3.63) is 35.9 Å². The molecule has 17 heavy (non-hydrogen) atoms. The largest absolute Gasteiger partial charge is 0.325 e. The lowest BCUT2D eigenvalue weighted by molar-refractivity contribution is 0.378. The molecule has 1 aromatic carbocycles. The molecule has 0 heterocycles. The minimum Gasteiger partial charge on any atom is -0.325 e. The lowest BCUT2D eigenvalue weighted by atomic mass is 9.79. The van der Waals surface area contributed by atoms with E-state index in [-0.39, 0.29) is 5.54 Å². The van der Waals surface area contributed by atoms with Crippen LogP contribution in [0.3, 0.4) is 0 Å². The van der Waals surface area contributed by atoms with Crippen LogP contribution < -0.4 is 5.73 Å². The maximum atomic E-state index is 6.33. The lowest BCUT2D eigenvalue weighted by Crippen LogP contribution is -2.39. The Labute approximate surface area is 106 Å². The standard InChI is InChI=1S/C16H27N/c1-4-5-6-10-13-15(16(2,3)17)14-11-8-7-9-12-14/h7-9,11-12,15H,4-6,10,13,17H2,1-3H3. The Morgan fingerprint density at radius 2 is 1.71 bits per heavy atom. The van der Waals surface area contributed by atoms with Gasteiger partial charge in [0.2, 0.25) is 0 Å². The van der Waals surface area contributed by atoms with E-state index in [2.05, 4.69) is 51.1 Å². The van der Waals surface area contributed by atoms with Crippen molar-refractivity contribution < 1.29 is 0 Å². The van der Waals surface area contributed by atoms with Gasteiger partial charge >= 0.3 is 0 Å². The van der Waals surface area contributed by atoms with Crippen molar-refractivity contribution in [2.75, 3.05) is 0 Å². The van der Waals surface area contributed by atoms with Gasteiger partial charge < -0.3 is 5.73 Å². The van der Waals surface area contributed by atoms with Crippen molar-refractivity contribution in [3.8, 4) is 0 Å². The van der Waals surface area contributed by atoms with E-state index >= 15 is 0 Å². The second-order valence-corrected chi connectivity index (χ2v) is 5.63. The van der Waals surface area contributed by atoms with Gasteiger partial charge in [0, 0.05) is 11.5 Å². The van der Waals surface area contributed by atoms with Gasteiger partial charge in [0.15, 0.2) is 0 Å². The third-order valence-corrected chi connectivity index (χ3v) is 3.45. The zero-order valence-electron chi connectivity index (χ0n) is 11.6.